The van der Waals surface area contributed by atoms with Crippen LogP contribution < -0.4 is 0 Å². The molecule has 114 valence electrons. The third kappa shape index (κ3) is 6.72. The van der Waals surface area contributed by atoms with Crippen molar-refractivity contribution in [2.24, 2.45) is 0 Å². The Morgan fingerprint density at radius 2 is 1.05 bits per heavy atom. The SMILES string of the molecule is COC(=O)C(C)OC(=O)CCC(=O)OC(C)C(=O)OC. The summed E-state index contributed by atoms with van der Waals surface area (Å²) in [7, 11) is 2.33. The van der Waals surface area contributed by atoms with Gasteiger partial charge in [0.25, 0.3) is 0 Å². The molecular weight excluding hydrogens is 272 g/mol. The fourth-order valence-electron chi connectivity index (χ4n) is 1.14. The minimum atomic E-state index is -1.04. The summed E-state index contributed by atoms with van der Waals surface area (Å²) in [6, 6.07) is 0. The third-order valence-electron chi connectivity index (χ3n) is 2.22. The summed E-state index contributed by atoms with van der Waals surface area (Å²) in [5.74, 6) is -2.88. The lowest BCUT2D eigenvalue weighted by molar-refractivity contribution is -0.168. The Bertz CT molecular complexity index is 340. The first-order chi connectivity index (χ1) is 9.31. The van der Waals surface area contributed by atoms with Gasteiger partial charge in [0, 0.05) is 0 Å². The molecule has 0 fully saturated rings. The molecule has 0 aromatic rings. The van der Waals surface area contributed by atoms with E-state index in [1.165, 1.54) is 13.8 Å². The van der Waals surface area contributed by atoms with Crippen molar-refractivity contribution in [3.05, 3.63) is 0 Å². The van der Waals surface area contributed by atoms with Gasteiger partial charge >= 0.3 is 23.9 Å². The van der Waals surface area contributed by atoms with Crippen molar-refractivity contribution in [2.45, 2.75) is 38.9 Å². The average molecular weight is 290 g/mol. The standard InChI is InChI=1S/C12H18O8/c1-7(11(15)17-3)19-9(13)5-6-10(14)20-8(2)12(16)18-4/h7-8H,5-6H2,1-4H3. The predicted molar refractivity (Wildman–Crippen MR) is 64.4 cm³/mol. The second-order valence-corrected chi connectivity index (χ2v) is 3.81. The summed E-state index contributed by atoms with van der Waals surface area (Å²) in [6.07, 6.45) is -2.63. The molecule has 0 aliphatic carbocycles. The van der Waals surface area contributed by atoms with E-state index in [-0.39, 0.29) is 12.8 Å². The van der Waals surface area contributed by atoms with Crippen LogP contribution in [0.2, 0.25) is 0 Å². The summed E-state index contributed by atoms with van der Waals surface area (Å²) in [5.41, 5.74) is 0. The van der Waals surface area contributed by atoms with Gasteiger partial charge in [-0.05, 0) is 13.8 Å². The van der Waals surface area contributed by atoms with E-state index in [1.54, 1.807) is 0 Å². The molecule has 0 saturated carbocycles. The first kappa shape index (κ1) is 17.9. The van der Waals surface area contributed by atoms with Crippen molar-refractivity contribution in [1.29, 1.82) is 0 Å². The highest BCUT2D eigenvalue weighted by Crippen LogP contribution is 2.03. The summed E-state index contributed by atoms with van der Waals surface area (Å²) in [6.45, 7) is 2.70. The number of carbonyl (C=O) groups is 4. The smallest absolute Gasteiger partial charge is 0.346 e. The maximum Gasteiger partial charge on any atom is 0.346 e. The van der Waals surface area contributed by atoms with E-state index in [0.29, 0.717) is 0 Å². The molecule has 0 amide bonds. The maximum atomic E-state index is 11.3. The lowest BCUT2D eigenvalue weighted by atomic mass is 10.3. The van der Waals surface area contributed by atoms with Gasteiger partial charge in [0.2, 0.25) is 0 Å². The molecule has 0 aliphatic heterocycles. The highest BCUT2D eigenvalue weighted by molar-refractivity contribution is 5.83. The van der Waals surface area contributed by atoms with Crippen LogP contribution in [0.25, 0.3) is 0 Å². The Balaban J connectivity index is 4.04. The predicted octanol–water partition coefficient (Wildman–Crippen LogP) is -0.0240. The first-order valence-electron chi connectivity index (χ1n) is 5.86. The van der Waals surface area contributed by atoms with Crippen LogP contribution in [0.3, 0.4) is 0 Å². The monoisotopic (exact) mass is 290 g/mol. The third-order valence-corrected chi connectivity index (χ3v) is 2.22. The Kier molecular flexibility index (Phi) is 7.95. The number of hydrogen-bond donors (Lipinski definition) is 0. The summed E-state index contributed by atoms with van der Waals surface area (Å²) < 4.78 is 18.2. The molecular formula is C12H18O8. The number of ether oxygens (including phenoxy) is 4. The molecule has 0 heterocycles. The van der Waals surface area contributed by atoms with Gasteiger partial charge in [-0.25, -0.2) is 9.59 Å². The molecule has 0 spiro atoms. The molecule has 0 aliphatic rings. The molecule has 0 bridgehead atoms. The molecule has 0 radical (unpaired) electrons. The summed E-state index contributed by atoms with van der Waals surface area (Å²) >= 11 is 0. The Hall–Kier alpha value is -2.12. The highest BCUT2D eigenvalue weighted by Gasteiger charge is 2.21. The van der Waals surface area contributed by atoms with Crippen LogP contribution in [-0.4, -0.2) is 50.3 Å². The summed E-state index contributed by atoms with van der Waals surface area (Å²) in [5, 5.41) is 0. The zero-order chi connectivity index (χ0) is 15.7. The van der Waals surface area contributed by atoms with E-state index in [0.717, 1.165) is 14.2 Å². The molecule has 0 aromatic carbocycles. The number of methoxy groups -OCH3 is 2. The first-order valence-corrected chi connectivity index (χ1v) is 5.86. The largest absolute Gasteiger partial charge is 0.466 e. The lowest BCUT2D eigenvalue weighted by Crippen LogP contribution is -2.27. The second-order valence-electron chi connectivity index (χ2n) is 3.81. The number of carbonyl (C=O) groups excluding carboxylic acids is 4. The average Bonchev–Trinajstić information content (AvgIpc) is 2.42. The molecule has 0 rings (SSSR count). The van der Waals surface area contributed by atoms with E-state index in [9.17, 15) is 19.2 Å². The van der Waals surface area contributed by atoms with Crippen LogP contribution in [0.4, 0.5) is 0 Å². The van der Waals surface area contributed by atoms with Crippen molar-refractivity contribution < 1.29 is 38.1 Å². The molecule has 20 heavy (non-hydrogen) atoms. The number of hydrogen-bond acceptors (Lipinski definition) is 8. The van der Waals surface area contributed by atoms with Crippen LogP contribution in [0.15, 0.2) is 0 Å². The zero-order valence-corrected chi connectivity index (χ0v) is 11.8. The Labute approximate surface area is 116 Å². The number of rotatable bonds is 7. The second kappa shape index (κ2) is 8.89. The van der Waals surface area contributed by atoms with Gasteiger partial charge < -0.3 is 18.9 Å². The van der Waals surface area contributed by atoms with Gasteiger partial charge in [-0.15, -0.1) is 0 Å². The van der Waals surface area contributed by atoms with E-state index in [4.69, 9.17) is 9.47 Å². The van der Waals surface area contributed by atoms with Gasteiger partial charge in [0.1, 0.15) is 0 Å². The topological polar surface area (TPSA) is 105 Å². The number of esters is 4. The quantitative estimate of drug-likeness (QED) is 0.475. The van der Waals surface area contributed by atoms with Crippen LogP contribution in [-0.2, 0) is 38.1 Å². The van der Waals surface area contributed by atoms with Crippen LogP contribution in [0.1, 0.15) is 26.7 Å². The summed E-state index contributed by atoms with van der Waals surface area (Å²) in [4.78, 5) is 44.6. The van der Waals surface area contributed by atoms with Gasteiger partial charge in [0.05, 0.1) is 27.1 Å². The molecule has 0 aromatic heterocycles. The highest BCUT2D eigenvalue weighted by atomic mass is 16.6. The maximum absolute atomic E-state index is 11.3. The molecule has 0 N–H and O–H groups in total. The van der Waals surface area contributed by atoms with Gasteiger partial charge in [0.15, 0.2) is 12.2 Å². The molecule has 8 nitrogen and oxygen atoms in total. The Morgan fingerprint density at radius 3 is 1.30 bits per heavy atom. The van der Waals surface area contributed by atoms with Crippen LogP contribution in [0.5, 0.6) is 0 Å². The fourth-order valence-corrected chi connectivity index (χ4v) is 1.14. The lowest BCUT2D eigenvalue weighted by Gasteiger charge is -2.12. The zero-order valence-electron chi connectivity index (χ0n) is 11.8. The van der Waals surface area contributed by atoms with E-state index >= 15 is 0 Å². The van der Waals surface area contributed by atoms with Crippen molar-refractivity contribution in [3.8, 4) is 0 Å². The minimum absolute atomic E-state index is 0.270. The molecule has 8 heteroatoms. The van der Waals surface area contributed by atoms with E-state index in [1.807, 2.05) is 0 Å². The normalized spacial score (nSPS) is 12.8. The van der Waals surface area contributed by atoms with Crippen LogP contribution >= 0.6 is 0 Å². The molecule has 0 saturated heterocycles. The Morgan fingerprint density at radius 1 is 0.750 bits per heavy atom. The van der Waals surface area contributed by atoms with Crippen molar-refractivity contribution >= 4 is 23.9 Å². The van der Waals surface area contributed by atoms with E-state index < -0.39 is 36.1 Å². The van der Waals surface area contributed by atoms with Gasteiger partial charge in [-0.2, -0.15) is 0 Å². The van der Waals surface area contributed by atoms with Gasteiger partial charge in [-0.3, -0.25) is 9.59 Å². The van der Waals surface area contributed by atoms with Crippen LogP contribution in [0, 0.1) is 0 Å². The minimum Gasteiger partial charge on any atom is -0.466 e. The van der Waals surface area contributed by atoms with Crippen molar-refractivity contribution in [2.75, 3.05) is 14.2 Å². The van der Waals surface area contributed by atoms with Gasteiger partial charge in [-0.1, -0.05) is 0 Å². The molecule has 2 atom stereocenters. The van der Waals surface area contributed by atoms with E-state index in [2.05, 4.69) is 9.47 Å². The molecule has 2 unspecified atom stereocenters. The van der Waals surface area contributed by atoms with Crippen molar-refractivity contribution in [1.82, 2.24) is 0 Å². The van der Waals surface area contributed by atoms with Crippen molar-refractivity contribution in [3.63, 3.8) is 0 Å². The fraction of sp³-hybridized carbons (Fsp3) is 0.667.